The smallest absolute Gasteiger partial charge is 0.358 e. The summed E-state index contributed by atoms with van der Waals surface area (Å²) in [5.74, 6) is -0.675. The van der Waals surface area contributed by atoms with Gasteiger partial charge in [0.2, 0.25) is 0 Å². The SMILES string of the molecule is CN(CCCCCc1cc(-c2ccccc2)n[nH]1)c1ccc2nnc(C(F)(F)F)n2n1. The molecule has 0 spiro atoms. The first kappa shape index (κ1) is 20.8. The molecule has 0 fully saturated rings. The Balaban J connectivity index is 1.27. The van der Waals surface area contributed by atoms with Crippen molar-refractivity contribution in [1.82, 2.24) is 30.0 Å². The summed E-state index contributed by atoms with van der Waals surface area (Å²) in [5, 5.41) is 18.2. The monoisotopic (exact) mass is 429 g/mol. The van der Waals surface area contributed by atoms with Crippen LogP contribution < -0.4 is 4.90 Å². The second kappa shape index (κ2) is 8.75. The molecular formula is C21H22F3N7. The number of rotatable bonds is 8. The molecule has 162 valence electrons. The van der Waals surface area contributed by atoms with Crippen molar-refractivity contribution in [2.45, 2.75) is 31.9 Å². The van der Waals surface area contributed by atoms with Crippen molar-refractivity contribution in [1.29, 1.82) is 0 Å². The summed E-state index contributed by atoms with van der Waals surface area (Å²) in [6, 6.07) is 15.2. The van der Waals surface area contributed by atoms with Crippen LogP contribution in [0.3, 0.4) is 0 Å². The van der Waals surface area contributed by atoms with Crippen molar-refractivity contribution < 1.29 is 13.2 Å². The van der Waals surface area contributed by atoms with E-state index in [0.717, 1.165) is 47.1 Å². The molecule has 4 rings (SSSR count). The maximum Gasteiger partial charge on any atom is 0.453 e. The molecule has 10 heteroatoms. The lowest BCUT2D eigenvalue weighted by molar-refractivity contribution is -0.146. The number of aromatic amines is 1. The number of hydrogen-bond acceptors (Lipinski definition) is 5. The molecule has 0 saturated heterocycles. The molecular weight excluding hydrogens is 407 g/mol. The molecule has 0 radical (unpaired) electrons. The predicted molar refractivity (Wildman–Crippen MR) is 111 cm³/mol. The molecule has 0 aliphatic carbocycles. The van der Waals surface area contributed by atoms with Crippen LogP contribution in [-0.4, -0.2) is 43.6 Å². The van der Waals surface area contributed by atoms with E-state index in [-0.39, 0.29) is 5.65 Å². The van der Waals surface area contributed by atoms with Gasteiger partial charge < -0.3 is 4.90 Å². The van der Waals surface area contributed by atoms with Gasteiger partial charge in [-0.15, -0.1) is 15.3 Å². The number of halogens is 3. The summed E-state index contributed by atoms with van der Waals surface area (Å²) in [6.45, 7) is 0.681. The first-order chi connectivity index (χ1) is 14.9. The molecule has 3 heterocycles. The van der Waals surface area contributed by atoms with Gasteiger partial charge in [-0.25, -0.2) is 0 Å². The number of alkyl halides is 3. The van der Waals surface area contributed by atoms with Gasteiger partial charge in [-0.2, -0.15) is 22.8 Å². The van der Waals surface area contributed by atoms with Crippen LogP contribution in [0.1, 0.15) is 30.8 Å². The minimum Gasteiger partial charge on any atom is -0.358 e. The van der Waals surface area contributed by atoms with Crippen molar-refractivity contribution in [3.8, 4) is 11.3 Å². The van der Waals surface area contributed by atoms with Gasteiger partial charge in [-0.1, -0.05) is 36.8 Å². The molecule has 0 atom stereocenters. The van der Waals surface area contributed by atoms with Crippen molar-refractivity contribution in [3.63, 3.8) is 0 Å². The van der Waals surface area contributed by atoms with Crippen LogP contribution in [0.2, 0.25) is 0 Å². The highest BCUT2D eigenvalue weighted by Gasteiger charge is 2.37. The van der Waals surface area contributed by atoms with Gasteiger partial charge in [0.25, 0.3) is 5.82 Å². The van der Waals surface area contributed by atoms with Crippen LogP contribution in [0.5, 0.6) is 0 Å². The molecule has 1 N–H and O–H groups in total. The lowest BCUT2D eigenvalue weighted by Crippen LogP contribution is -2.21. The number of unbranched alkanes of at least 4 members (excludes halogenated alkanes) is 2. The Kier molecular flexibility index (Phi) is 5.88. The maximum atomic E-state index is 13.0. The molecule has 0 unspecified atom stereocenters. The van der Waals surface area contributed by atoms with E-state index in [4.69, 9.17) is 0 Å². The van der Waals surface area contributed by atoms with E-state index >= 15 is 0 Å². The quantitative estimate of drug-likeness (QED) is 0.421. The van der Waals surface area contributed by atoms with Gasteiger partial charge in [0.15, 0.2) is 5.65 Å². The minimum absolute atomic E-state index is 0.0684. The zero-order valence-corrected chi connectivity index (χ0v) is 17.0. The fraction of sp³-hybridized carbons (Fsp3) is 0.333. The third-order valence-corrected chi connectivity index (χ3v) is 5.03. The summed E-state index contributed by atoms with van der Waals surface area (Å²) in [5.41, 5.74) is 3.17. The number of fused-ring (bicyclic) bond motifs is 1. The zero-order valence-electron chi connectivity index (χ0n) is 17.0. The van der Waals surface area contributed by atoms with Crippen molar-refractivity contribution in [2.24, 2.45) is 0 Å². The van der Waals surface area contributed by atoms with E-state index in [9.17, 15) is 13.2 Å². The van der Waals surface area contributed by atoms with Crippen LogP contribution in [0.15, 0.2) is 48.5 Å². The summed E-state index contributed by atoms with van der Waals surface area (Å²) in [6.07, 6.45) is -0.850. The van der Waals surface area contributed by atoms with E-state index in [0.29, 0.717) is 12.4 Å². The summed E-state index contributed by atoms with van der Waals surface area (Å²) in [7, 11) is 1.81. The van der Waals surface area contributed by atoms with Gasteiger partial charge in [0.05, 0.1) is 5.69 Å². The molecule has 7 nitrogen and oxygen atoms in total. The summed E-state index contributed by atoms with van der Waals surface area (Å²) < 4.78 is 39.8. The van der Waals surface area contributed by atoms with Crippen LogP contribution in [0, 0.1) is 0 Å². The molecule has 0 amide bonds. The van der Waals surface area contributed by atoms with E-state index in [1.807, 2.05) is 42.3 Å². The number of aromatic nitrogens is 6. The number of nitrogens with one attached hydrogen (secondary N) is 1. The third kappa shape index (κ3) is 4.84. The largest absolute Gasteiger partial charge is 0.453 e. The van der Waals surface area contributed by atoms with Gasteiger partial charge in [-0.3, -0.25) is 5.10 Å². The molecule has 0 aliphatic heterocycles. The van der Waals surface area contributed by atoms with E-state index in [2.05, 4.69) is 31.6 Å². The Morgan fingerprint density at radius 3 is 2.58 bits per heavy atom. The van der Waals surface area contributed by atoms with E-state index in [1.165, 1.54) is 6.07 Å². The fourth-order valence-electron chi connectivity index (χ4n) is 3.36. The van der Waals surface area contributed by atoms with Crippen molar-refractivity contribution >= 4 is 11.5 Å². The molecule has 0 aliphatic rings. The van der Waals surface area contributed by atoms with E-state index in [1.54, 1.807) is 6.07 Å². The average molecular weight is 429 g/mol. The molecule has 31 heavy (non-hydrogen) atoms. The van der Waals surface area contributed by atoms with Gasteiger partial charge in [-0.05, 0) is 37.5 Å². The molecule has 0 bridgehead atoms. The highest BCUT2D eigenvalue weighted by atomic mass is 19.4. The first-order valence-corrected chi connectivity index (χ1v) is 10.0. The Labute approximate surface area is 176 Å². The topological polar surface area (TPSA) is 75.0 Å². The average Bonchev–Trinajstić information content (AvgIpc) is 3.40. The fourth-order valence-corrected chi connectivity index (χ4v) is 3.36. The van der Waals surface area contributed by atoms with Crippen LogP contribution >= 0.6 is 0 Å². The van der Waals surface area contributed by atoms with Gasteiger partial charge in [0, 0.05) is 24.8 Å². The number of aryl methyl sites for hydroxylation is 1. The molecule has 4 aromatic rings. The lowest BCUT2D eigenvalue weighted by Gasteiger charge is -2.18. The van der Waals surface area contributed by atoms with E-state index < -0.39 is 12.0 Å². The zero-order chi connectivity index (χ0) is 21.8. The summed E-state index contributed by atoms with van der Waals surface area (Å²) in [4.78, 5) is 1.84. The highest BCUT2D eigenvalue weighted by Crippen LogP contribution is 2.28. The van der Waals surface area contributed by atoms with Crippen LogP contribution in [0.4, 0.5) is 19.0 Å². The van der Waals surface area contributed by atoms with Gasteiger partial charge in [0.1, 0.15) is 5.82 Å². The van der Waals surface area contributed by atoms with Gasteiger partial charge >= 0.3 is 6.18 Å². The number of H-pyrrole nitrogens is 1. The highest BCUT2D eigenvalue weighted by molar-refractivity contribution is 5.58. The Morgan fingerprint density at radius 2 is 1.81 bits per heavy atom. The Hall–Kier alpha value is -3.43. The maximum absolute atomic E-state index is 13.0. The minimum atomic E-state index is -4.60. The number of hydrogen-bond donors (Lipinski definition) is 1. The lowest BCUT2D eigenvalue weighted by atomic mass is 10.1. The molecule has 1 aromatic carbocycles. The molecule has 3 aromatic heterocycles. The normalized spacial score (nSPS) is 11.9. The second-order valence-corrected chi connectivity index (χ2v) is 7.36. The van der Waals surface area contributed by atoms with Crippen LogP contribution in [-0.2, 0) is 12.6 Å². The second-order valence-electron chi connectivity index (χ2n) is 7.36. The van der Waals surface area contributed by atoms with Crippen LogP contribution in [0.25, 0.3) is 16.9 Å². The number of anilines is 1. The number of nitrogens with zero attached hydrogens (tertiary/aromatic N) is 6. The summed E-state index contributed by atoms with van der Waals surface area (Å²) >= 11 is 0. The Morgan fingerprint density at radius 1 is 1.00 bits per heavy atom. The standard InChI is InChI=1S/C21H22F3N7/c1-30(19-12-11-18-27-28-20(21(22,23)24)31(18)29-19)13-7-3-6-10-16-14-17(26-25-16)15-8-4-2-5-9-15/h2,4-5,8-9,11-12,14H,3,6-7,10,13H2,1H3,(H,25,26). The van der Waals surface area contributed by atoms with Crippen molar-refractivity contribution in [3.05, 3.63) is 60.0 Å². The predicted octanol–water partition coefficient (Wildman–Crippen LogP) is 4.38. The first-order valence-electron chi connectivity index (χ1n) is 10.0. The third-order valence-electron chi connectivity index (χ3n) is 5.03. The van der Waals surface area contributed by atoms with Crippen molar-refractivity contribution in [2.75, 3.05) is 18.5 Å². The number of benzene rings is 1. The molecule has 0 saturated carbocycles. The Bertz CT molecular complexity index is 1130.